The summed E-state index contributed by atoms with van der Waals surface area (Å²) in [6.45, 7) is 0.667. The molecule has 0 saturated heterocycles. The number of nitrogens with two attached hydrogens (primary N) is 1. The number of amides is 1. The molecule has 5 nitrogen and oxygen atoms in total. The van der Waals surface area contributed by atoms with Crippen molar-refractivity contribution < 1.29 is 13.2 Å². The lowest BCUT2D eigenvalue weighted by molar-refractivity contribution is 0.0949. The Morgan fingerprint density at radius 2 is 1.89 bits per heavy atom. The summed E-state index contributed by atoms with van der Waals surface area (Å²) in [5.74, 6) is 0.574. The fourth-order valence-electron chi connectivity index (χ4n) is 2.07. The van der Waals surface area contributed by atoms with Gasteiger partial charge in [0.2, 0.25) is 10.0 Å². The highest BCUT2D eigenvalue weighted by molar-refractivity contribution is 7.89. The van der Waals surface area contributed by atoms with Gasteiger partial charge in [0.05, 0.1) is 4.90 Å². The summed E-state index contributed by atoms with van der Waals surface area (Å²) < 4.78 is 22.2. The van der Waals surface area contributed by atoms with Crippen LogP contribution in [0.3, 0.4) is 0 Å². The third-order valence-electron chi connectivity index (χ3n) is 3.51. The molecule has 6 heteroatoms. The molecule has 0 aliphatic heterocycles. The van der Waals surface area contributed by atoms with Crippen molar-refractivity contribution >= 4 is 15.9 Å². The number of benzene rings is 1. The van der Waals surface area contributed by atoms with Crippen LogP contribution in [0.15, 0.2) is 29.2 Å². The van der Waals surface area contributed by atoms with E-state index in [-0.39, 0.29) is 10.8 Å². The normalized spacial score (nSPS) is 15.8. The van der Waals surface area contributed by atoms with Crippen molar-refractivity contribution in [3.8, 4) is 0 Å². The zero-order valence-corrected chi connectivity index (χ0v) is 11.4. The first kappa shape index (κ1) is 14.0. The van der Waals surface area contributed by atoms with Gasteiger partial charge in [0, 0.05) is 12.1 Å². The third-order valence-corrected chi connectivity index (χ3v) is 4.44. The minimum atomic E-state index is -3.70. The van der Waals surface area contributed by atoms with Crippen LogP contribution >= 0.6 is 0 Å². The van der Waals surface area contributed by atoms with Crippen LogP contribution in [0, 0.1) is 5.92 Å². The highest BCUT2D eigenvalue weighted by atomic mass is 32.2. The van der Waals surface area contributed by atoms with E-state index in [0.717, 1.165) is 12.3 Å². The number of carbonyl (C=O) groups excluding carboxylic acids is 1. The molecule has 1 fully saturated rings. The molecule has 1 aromatic carbocycles. The second-order valence-electron chi connectivity index (χ2n) is 4.91. The first-order valence-corrected chi connectivity index (χ1v) is 7.92. The smallest absolute Gasteiger partial charge is 0.251 e. The topological polar surface area (TPSA) is 89.3 Å². The summed E-state index contributed by atoms with van der Waals surface area (Å²) in [7, 11) is -3.70. The van der Waals surface area contributed by atoms with Crippen molar-refractivity contribution in [2.24, 2.45) is 11.1 Å². The van der Waals surface area contributed by atoms with Gasteiger partial charge in [-0.2, -0.15) is 0 Å². The average Bonchev–Trinajstić information content (AvgIpc) is 2.31. The molecular weight excluding hydrogens is 264 g/mol. The van der Waals surface area contributed by atoms with Gasteiger partial charge in [0.25, 0.3) is 5.91 Å². The highest BCUT2D eigenvalue weighted by Crippen LogP contribution is 2.28. The van der Waals surface area contributed by atoms with Gasteiger partial charge in [0.1, 0.15) is 0 Å². The molecule has 0 heterocycles. The minimum Gasteiger partial charge on any atom is -0.352 e. The van der Waals surface area contributed by atoms with Gasteiger partial charge in [0.15, 0.2) is 0 Å². The van der Waals surface area contributed by atoms with Gasteiger partial charge in [-0.1, -0.05) is 19.3 Å². The van der Waals surface area contributed by atoms with E-state index in [4.69, 9.17) is 5.14 Å². The van der Waals surface area contributed by atoms with E-state index in [1.54, 1.807) is 0 Å². The number of nitrogens with one attached hydrogen (secondary N) is 1. The molecule has 3 N–H and O–H groups in total. The Kier molecular flexibility index (Phi) is 4.21. The molecular formula is C13H18N2O3S. The Morgan fingerprint density at radius 3 is 2.37 bits per heavy atom. The average molecular weight is 282 g/mol. The summed E-state index contributed by atoms with van der Waals surface area (Å²) >= 11 is 0. The number of primary sulfonamides is 1. The molecule has 1 saturated carbocycles. The fourth-order valence-corrected chi connectivity index (χ4v) is 2.58. The zero-order chi connectivity index (χ0) is 13.9. The van der Waals surface area contributed by atoms with Crippen LogP contribution in [0.1, 0.15) is 36.0 Å². The molecule has 19 heavy (non-hydrogen) atoms. The van der Waals surface area contributed by atoms with Gasteiger partial charge in [-0.05, 0) is 36.6 Å². The molecule has 0 aromatic heterocycles. The molecule has 1 amide bonds. The summed E-state index contributed by atoms with van der Waals surface area (Å²) in [5, 5.41) is 7.83. The lowest BCUT2D eigenvalue weighted by Crippen LogP contribution is -2.27. The maximum atomic E-state index is 11.8. The van der Waals surface area contributed by atoms with Crippen molar-refractivity contribution in [1.29, 1.82) is 0 Å². The number of sulfonamides is 1. The van der Waals surface area contributed by atoms with Crippen LogP contribution in [-0.2, 0) is 10.0 Å². The van der Waals surface area contributed by atoms with E-state index in [9.17, 15) is 13.2 Å². The Bertz CT molecular complexity index is 548. The number of carbonyl (C=O) groups is 1. The van der Waals surface area contributed by atoms with Crippen LogP contribution in [-0.4, -0.2) is 20.9 Å². The summed E-state index contributed by atoms with van der Waals surface area (Å²) in [5.41, 5.74) is 0.445. The van der Waals surface area contributed by atoms with Crippen LogP contribution < -0.4 is 10.5 Å². The molecule has 1 aromatic rings. The first-order chi connectivity index (χ1) is 8.97. The Balaban J connectivity index is 1.88. The zero-order valence-electron chi connectivity index (χ0n) is 10.6. The lowest BCUT2D eigenvalue weighted by Gasteiger charge is -2.25. The number of hydrogen-bond acceptors (Lipinski definition) is 3. The second kappa shape index (κ2) is 5.71. The van der Waals surface area contributed by atoms with Crippen molar-refractivity contribution in [3.63, 3.8) is 0 Å². The molecule has 2 rings (SSSR count). The highest BCUT2D eigenvalue weighted by Gasteiger charge is 2.17. The quantitative estimate of drug-likeness (QED) is 0.851. The molecule has 104 valence electrons. The summed E-state index contributed by atoms with van der Waals surface area (Å²) in [6, 6.07) is 5.63. The Labute approximate surface area is 113 Å². The van der Waals surface area contributed by atoms with Crippen molar-refractivity contribution in [3.05, 3.63) is 29.8 Å². The molecule has 0 unspecified atom stereocenters. The standard InChI is InChI=1S/C13H18N2O3S/c14-19(17,18)12-6-4-11(5-7-12)13(16)15-9-8-10-2-1-3-10/h4-7,10H,1-3,8-9H2,(H,15,16)(H2,14,17,18). The van der Waals surface area contributed by atoms with Crippen molar-refractivity contribution in [2.45, 2.75) is 30.6 Å². The van der Waals surface area contributed by atoms with Crippen LogP contribution in [0.25, 0.3) is 0 Å². The Hall–Kier alpha value is -1.40. The molecule has 1 aliphatic carbocycles. The van der Waals surface area contributed by atoms with Crippen LogP contribution in [0.4, 0.5) is 0 Å². The molecule has 0 spiro atoms. The number of rotatable bonds is 5. The molecule has 0 bridgehead atoms. The summed E-state index contributed by atoms with van der Waals surface area (Å²) in [6.07, 6.45) is 4.84. The maximum absolute atomic E-state index is 11.8. The SMILES string of the molecule is NS(=O)(=O)c1ccc(C(=O)NCCC2CCC2)cc1. The monoisotopic (exact) mass is 282 g/mol. The first-order valence-electron chi connectivity index (χ1n) is 6.38. The van der Waals surface area contributed by atoms with Crippen molar-refractivity contribution in [1.82, 2.24) is 5.32 Å². The van der Waals surface area contributed by atoms with E-state index < -0.39 is 10.0 Å². The van der Waals surface area contributed by atoms with Crippen LogP contribution in [0.5, 0.6) is 0 Å². The van der Waals surface area contributed by atoms with E-state index in [0.29, 0.717) is 12.1 Å². The van der Waals surface area contributed by atoms with Gasteiger partial charge < -0.3 is 5.32 Å². The van der Waals surface area contributed by atoms with E-state index in [1.165, 1.54) is 43.5 Å². The van der Waals surface area contributed by atoms with Gasteiger partial charge in [-0.25, -0.2) is 13.6 Å². The maximum Gasteiger partial charge on any atom is 0.251 e. The molecule has 0 radical (unpaired) electrons. The van der Waals surface area contributed by atoms with E-state index >= 15 is 0 Å². The van der Waals surface area contributed by atoms with Gasteiger partial charge in [-0.3, -0.25) is 4.79 Å². The molecule has 1 aliphatic rings. The van der Waals surface area contributed by atoms with E-state index in [1.807, 2.05) is 0 Å². The third kappa shape index (κ3) is 3.78. The van der Waals surface area contributed by atoms with Crippen molar-refractivity contribution in [2.75, 3.05) is 6.54 Å². The summed E-state index contributed by atoms with van der Waals surface area (Å²) in [4.78, 5) is 11.8. The predicted octanol–water partition coefficient (Wildman–Crippen LogP) is 1.25. The van der Waals surface area contributed by atoms with E-state index in [2.05, 4.69) is 5.32 Å². The second-order valence-corrected chi connectivity index (χ2v) is 6.47. The Morgan fingerprint density at radius 1 is 1.26 bits per heavy atom. The van der Waals surface area contributed by atoms with Crippen LogP contribution in [0.2, 0.25) is 0 Å². The lowest BCUT2D eigenvalue weighted by atomic mass is 9.83. The fraction of sp³-hybridized carbons (Fsp3) is 0.462. The largest absolute Gasteiger partial charge is 0.352 e. The number of hydrogen-bond donors (Lipinski definition) is 2. The molecule has 0 atom stereocenters. The van der Waals surface area contributed by atoms with Gasteiger partial charge >= 0.3 is 0 Å². The minimum absolute atomic E-state index is 0.0125. The van der Waals surface area contributed by atoms with Gasteiger partial charge in [-0.15, -0.1) is 0 Å². The predicted molar refractivity (Wildman–Crippen MR) is 72.1 cm³/mol.